The summed E-state index contributed by atoms with van der Waals surface area (Å²) in [4.78, 5) is 14.4. The molecule has 1 N–H and O–H groups in total. The highest BCUT2D eigenvalue weighted by atomic mass is 16.1. The lowest BCUT2D eigenvalue weighted by molar-refractivity contribution is -0.124. The molecule has 0 aliphatic heterocycles. The first-order valence-electron chi connectivity index (χ1n) is 7.33. The van der Waals surface area contributed by atoms with E-state index in [9.17, 15) is 4.79 Å². The zero-order valence-electron chi connectivity index (χ0n) is 12.7. The molecule has 3 nitrogen and oxygen atoms in total. The zero-order valence-corrected chi connectivity index (χ0v) is 12.7. The number of likely N-dealkylation sites (N-methyl/N-ethyl adjacent to an activating group) is 1. The lowest BCUT2D eigenvalue weighted by Crippen LogP contribution is -2.40. The van der Waals surface area contributed by atoms with Crippen LogP contribution in [0.15, 0.2) is 0 Å². The largest absolute Gasteiger partial charge is 0.311 e. The molecule has 1 saturated carbocycles. The van der Waals surface area contributed by atoms with Gasteiger partial charge in [0.2, 0.25) is 0 Å². The molecule has 0 bridgehead atoms. The van der Waals surface area contributed by atoms with E-state index in [1.54, 1.807) is 0 Å². The summed E-state index contributed by atoms with van der Waals surface area (Å²) < 4.78 is 0. The Morgan fingerprint density at radius 1 is 1.22 bits per heavy atom. The Kier molecular flexibility index (Phi) is 6.30. The van der Waals surface area contributed by atoms with Crippen molar-refractivity contribution < 1.29 is 4.79 Å². The predicted molar refractivity (Wildman–Crippen MR) is 76.7 cm³/mol. The van der Waals surface area contributed by atoms with E-state index in [4.69, 9.17) is 0 Å². The van der Waals surface area contributed by atoms with E-state index in [1.165, 1.54) is 25.7 Å². The fourth-order valence-electron chi connectivity index (χ4n) is 3.01. The Labute approximate surface area is 112 Å². The third-order valence-corrected chi connectivity index (χ3v) is 4.38. The van der Waals surface area contributed by atoms with Crippen molar-refractivity contribution in [3.8, 4) is 0 Å². The first-order valence-corrected chi connectivity index (χ1v) is 7.33. The van der Waals surface area contributed by atoms with Gasteiger partial charge in [-0.1, -0.05) is 13.8 Å². The van der Waals surface area contributed by atoms with E-state index < -0.39 is 0 Å². The van der Waals surface area contributed by atoms with Crippen molar-refractivity contribution >= 4 is 5.78 Å². The van der Waals surface area contributed by atoms with Crippen molar-refractivity contribution in [2.24, 2.45) is 11.8 Å². The molecule has 0 amide bonds. The van der Waals surface area contributed by atoms with Gasteiger partial charge in [0.25, 0.3) is 0 Å². The van der Waals surface area contributed by atoms with Crippen LogP contribution in [0.2, 0.25) is 0 Å². The molecule has 18 heavy (non-hydrogen) atoms. The van der Waals surface area contributed by atoms with E-state index in [-0.39, 0.29) is 12.0 Å². The highest BCUT2D eigenvalue weighted by molar-refractivity contribution is 5.85. The van der Waals surface area contributed by atoms with Crippen LogP contribution in [-0.2, 0) is 4.79 Å². The van der Waals surface area contributed by atoms with E-state index in [1.807, 2.05) is 20.9 Å². The van der Waals surface area contributed by atoms with E-state index in [0.29, 0.717) is 5.78 Å². The molecule has 0 aromatic heterocycles. The van der Waals surface area contributed by atoms with Gasteiger partial charge < -0.3 is 10.2 Å². The van der Waals surface area contributed by atoms with Gasteiger partial charge in [0.15, 0.2) is 5.78 Å². The van der Waals surface area contributed by atoms with Gasteiger partial charge in [0, 0.05) is 12.0 Å². The molecule has 1 unspecified atom stereocenters. The summed E-state index contributed by atoms with van der Waals surface area (Å²) in [7, 11) is 6.25. The third kappa shape index (κ3) is 4.36. The molecule has 0 aromatic rings. The van der Waals surface area contributed by atoms with Crippen LogP contribution in [0.4, 0.5) is 0 Å². The van der Waals surface area contributed by atoms with Crippen molar-refractivity contribution in [2.75, 3.05) is 21.1 Å². The normalized spacial score (nSPS) is 26.6. The van der Waals surface area contributed by atoms with Crippen molar-refractivity contribution in [3.63, 3.8) is 0 Å². The Morgan fingerprint density at radius 3 is 2.17 bits per heavy atom. The minimum absolute atomic E-state index is 0.0610. The molecule has 0 radical (unpaired) electrons. The van der Waals surface area contributed by atoms with Crippen molar-refractivity contribution in [2.45, 2.75) is 58.0 Å². The Morgan fingerprint density at radius 2 is 1.78 bits per heavy atom. The van der Waals surface area contributed by atoms with Crippen molar-refractivity contribution in [3.05, 3.63) is 0 Å². The number of nitrogens with zero attached hydrogens (tertiary/aromatic N) is 1. The number of hydrogen-bond acceptors (Lipinski definition) is 3. The van der Waals surface area contributed by atoms with Crippen LogP contribution < -0.4 is 5.32 Å². The van der Waals surface area contributed by atoms with E-state index in [0.717, 1.165) is 18.4 Å². The Hall–Kier alpha value is -0.410. The van der Waals surface area contributed by atoms with Crippen LogP contribution in [0.1, 0.15) is 46.0 Å². The van der Waals surface area contributed by atoms with Crippen LogP contribution in [0.5, 0.6) is 0 Å². The first kappa shape index (κ1) is 15.6. The average molecular weight is 254 g/mol. The molecule has 1 rings (SSSR count). The Balaban J connectivity index is 2.41. The minimum atomic E-state index is 0.0610. The molecule has 1 fully saturated rings. The summed E-state index contributed by atoms with van der Waals surface area (Å²) in [6.45, 7) is 3.99. The lowest BCUT2D eigenvalue weighted by Gasteiger charge is -2.34. The summed E-state index contributed by atoms with van der Waals surface area (Å²) >= 11 is 0. The smallest absolute Gasteiger partial charge is 0.152 e. The summed E-state index contributed by atoms with van der Waals surface area (Å²) in [5.41, 5.74) is 0. The Bertz CT molecular complexity index is 255. The first-order chi connectivity index (χ1) is 8.45. The van der Waals surface area contributed by atoms with Crippen molar-refractivity contribution in [1.29, 1.82) is 0 Å². The number of carbonyl (C=O) groups is 1. The average Bonchev–Trinajstić information content (AvgIpc) is 2.35. The van der Waals surface area contributed by atoms with Crippen LogP contribution >= 0.6 is 0 Å². The number of Topliss-reactive ketones (excluding diaryl/α,β-unsaturated/α-hetero) is 1. The fourth-order valence-corrected chi connectivity index (χ4v) is 3.01. The maximum atomic E-state index is 12.0. The van der Waals surface area contributed by atoms with Crippen LogP contribution in [0.25, 0.3) is 0 Å². The molecular weight excluding hydrogens is 224 g/mol. The van der Waals surface area contributed by atoms with E-state index >= 15 is 0 Å². The second-order valence-electron chi connectivity index (χ2n) is 6.27. The van der Waals surface area contributed by atoms with Crippen LogP contribution in [0.3, 0.4) is 0 Å². The molecular formula is C15H30N2O. The maximum Gasteiger partial charge on any atom is 0.152 e. The SMILES string of the molecule is CNC(CC1CCC(N(C)C)CC1)C(=O)C(C)C. The number of nitrogens with one attached hydrogen (secondary N) is 1. The number of carbonyl (C=O) groups excluding carboxylic acids is 1. The van der Waals surface area contributed by atoms with Gasteiger partial charge in [-0.25, -0.2) is 0 Å². The fraction of sp³-hybridized carbons (Fsp3) is 0.933. The van der Waals surface area contributed by atoms with Crippen molar-refractivity contribution in [1.82, 2.24) is 10.2 Å². The number of ketones is 1. The number of rotatable bonds is 6. The molecule has 0 saturated heterocycles. The molecule has 1 aliphatic carbocycles. The van der Waals surface area contributed by atoms with Gasteiger partial charge >= 0.3 is 0 Å². The quantitative estimate of drug-likeness (QED) is 0.789. The monoisotopic (exact) mass is 254 g/mol. The summed E-state index contributed by atoms with van der Waals surface area (Å²) in [5, 5.41) is 3.20. The lowest BCUT2D eigenvalue weighted by atomic mass is 9.80. The third-order valence-electron chi connectivity index (χ3n) is 4.38. The van der Waals surface area contributed by atoms with E-state index in [2.05, 4.69) is 24.3 Å². The predicted octanol–water partition coefficient (Wildman–Crippen LogP) is 2.31. The zero-order chi connectivity index (χ0) is 13.7. The highest BCUT2D eigenvalue weighted by Crippen LogP contribution is 2.30. The van der Waals surface area contributed by atoms with Crippen LogP contribution in [-0.4, -0.2) is 43.9 Å². The molecule has 0 aromatic carbocycles. The second-order valence-corrected chi connectivity index (χ2v) is 6.27. The summed E-state index contributed by atoms with van der Waals surface area (Å²) in [6.07, 6.45) is 6.13. The van der Waals surface area contributed by atoms with Gasteiger partial charge in [-0.2, -0.15) is 0 Å². The topological polar surface area (TPSA) is 32.3 Å². The summed E-state index contributed by atoms with van der Waals surface area (Å²) in [6, 6.07) is 0.806. The number of hydrogen-bond donors (Lipinski definition) is 1. The highest BCUT2D eigenvalue weighted by Gasteiger charge is 2.27. The standard InChI is InChI=1S/C15H30N2O/c1-11(2)15(18)14(16-3)10-12-6-8-13(9-7-12)17(4)5/h11-14,16H,6-10H2,1-5H3. The molecule has 1 atom stereocenters. The minimum Gasteiger partial charge on any atom is -0.311 e. The van der Waals surface area contributed by atoms with Gasteiger partial charge in [-0.05, 0) is 59.2 Å². The van der Waals surface area contributed by atoms with Crippen LogP contribution in [0, 0.1) is 11.8 Å². The maximum absolute atomic E-state index is 12.0. The molecule has 0 heterocycles. The molecule has 3 heteroatoms. The van der Waals surface area contributed by atoms with Gasteiger partial charge in [0.1, 0.15) is 0 Å². The second kappa shape index (κ2) is 7.25. The van der Waals surface area contributed by atoms with Gasteiger partial charge in [-0.3, -0.25) is 4.79 Å². The van der Waals surface area contributed by atoms with Gasteiger partial charge in [0.05, 0.1) is 6.04 Å². The molecule has 106 valence electrons. The molecule has 1 aliphatic rings. The molecule has 0 spiro atoms. The van der Waals surface area contributed by atoms with Gasteiger partial charge in [-0.15, -0.1) is 0 Å². The summed E-state index contributed by atoms with van der Waals surface area (Å²) in [5.74, 6) is 1.23.